The Balaban J connectivity index is 1.21. The minimum absolute atomic E-state index is 0.00458. The minimum atomic E-state index is -0.591. The highest BCUT2D eigenvalue weighted by Gasteiger charge is 2.26. The summed E-state index contributed by atoms with van der Waals surface area (Å²) in [4.78, 5) is 51.9. The first-order chi connectivity index (χ1) is 21.8. The molecule has 0 fully saturated rings. The Labute approximate surface area is 273 Å². The van der Waals surface area contributed by atoms with Crippen LogP contribution >= 0.6 is 35.0 Å². The van der Waals surface area contributed by atoms with E-state index in [4.69, 9.17) is 23.2 Å². The van der Waals surface area contributed by atoms with Crippen molar-refractivity contribution in [1.82, 2.24) is 10.6 Å². The Hall–Kier alpha value is -4.90. The number of benzene rings is 4. The van der Waals surface area contributed by atoms with Gasteiger partial charge in [-0.25, -0.2) is 0 Å². The zero-order chi connectivity index (χ0) is 31.8. The molecule has 0 radical (unpaired) electrons. The number of amidine groups is 1. The first-order valence-electron chi connectivity index (χ1n) is 13.6. The maximum atomic E-state index is 13.3. The van der Waals surface area contributed by atoms with Gasteiger partial charge in [-0.1, -0.05) is 65.7 Å². The van der Waals surface area contributed by atoms with Crippen LogP contribution < -0.4 is 21.0 Å². The number of carbonyl (C=O) groups is 4. The Morgan fingerprint density at radius 3 is 2.13 bits per heavy atom. The smallest absolute Gasteiger partial charge is 0.272 e. The number of thioether (sulfide) groups is 1. The molecule has 0 saturated carbocycles. The van der Waals surface area contributed by atoms with Crippen molar-refractivity contribution < 1.29 is 19.2 Å². The molecule has 1 heterocycles. The number of rotatable bonds is 9. The Bertz CT molecular complexity index is 1780. The van der Waals surface area contributed by atoms with E-state index >= 15 is 0 Å². The maximum Gasteiger partial charge on any atom is 0.272 e. The van der Waals surface area contributed by atoms with Gasteiger partial charge >= 0.3 is 0 Å². The van der Waals surface area contributed by atoms with Gasteiger partial charge in [-0.15, -0.1) is 11.8 Å². The van der Waals surface area contributed by atoms with Crippen molar-refractivity contribution in [1.29, 1.82) is 0 Å². The summed E-state index contributed by atoms with van der Waals surface area (Å²) in [5.74, 6) is -1.23. The average molecular weight is 659 g/mol. The molecule has 4 aromatic rings. The van der Waals surface area contributed by atoms with E-state index in [1.54, 1.807) is 97.1 Å². The van der Waals surface area contributed by atoms with Gasteiger partial charge in [-0.2, -0.15) is 10.1 Å². The largest absolute Gasteiger partial charge is 0.321 e. The summed E-state index contributed by atoms with van der Waals surface area (Å²) in [6, 6.07) is 29.2. The standard InChI is InChI=1S/C33H25Cl2N5O4S/c34-26-12-7-13-27(35)25(26)18-28(37-32(43)21-8-3-1-4-9-21)33(44)36-22-14-16-24(17-15-22)45-20-30(41)38-29-19-31(42)40(39-29)23-10-5-2-6-11-23/h1-18H,19-20H2,(H,36,44)(H,37,43)(H,38,39,41)/b28-18-. The molecule has 0 atom stereocenters. The van der Waals surface area contributed by atoms with Crippen LogP contribution in [0.2, 0.25) is 10.0 Å². The number of nitrogens with one attached hydrogen (secondary N) is 3. The van der Waals surface area contributed by atoms with Gasteiger partial charge in [0.1, 0.15) is 11.5 Å². The summed E-state index contributed by atoms with van der Waals surface area (Å²) in [7, 11) is 0. The number of para-hydroxylation sites is 1. The highest BCUT2D eigenvalue weighted by molar-refractivity contribution is 8.00. The van der Waals surface area contributed by atoms with Gasteiger partial charge in [0, 0.05) is 31.8 Å². The number of hydrogen-bond donors (Lipinski definition) is 3. The predicted octanol–water partition coefficient (Wildman–Crippen LogP) is 6.36. The molecule has 226 valence electrons. The molecule has 3 N–H and O–H groups in total. The molecule has 12 heteroatoms. The van der Waals surface area contributed by atoms with E-state index in [9.17, 15) is 19.2 Å². The number of halogens is 2. The lowest BCUT2D eigenvalue weighted by molar-refractivity contribution is -0.117. The lowest BCUT2D eigenvalue weighted by Gasteiger charge is -2.13. The van der Waals surface area contributed by atoms with Crippen LogP contribution in [-0.4, -0.2) is 35.2 Å². The summed E-state index contributed by atoms with van der Waals surface area (Å²) in [6.45, 7) is 0. The fraction of sp³-hybridized carbons (Fsp3) is 0.0606. The van der Waals surface area contributed by atoms with Crippen LogP contribution in [0.3, 0.4) is 0 Å². The number of nitrogens with zero attached hydrogens (tertiary/aromatic N) is 2. The Kier molecular flexibility index (Phi) is 10.3. The quantitative estimate of drug-likeness (QED) is 0.143. The molecule has 0 spiro atoms. The van der Waals surface area contributed by atoms with Crippen LogP contribution in [0.5, 0.6) is 0 Å². The fourth-order valence-corrected chi connectivity index (χ4v) is 5.39. The van der Waals surface area contributed by atoms with E-state index in [1.807, 2.05) is 6.07 Å². The summed E-state index contributed by atoms with van der Waals surface area (Å²) < 4.78 is 0. The molecule has 0 aromatic heterocycles. The SMILES string of the molecule is O=C(CSc1ccc(NC(=O)/C(=C/c2c(Cl)cccc2Cl)NC(=O)c2ccccc2)cc1)NC1=NN(c2ccccc2)C(=O)C1. The number of carbonyl (C=O) groups excluding carboxylic acids is 4. The summed E-state index contributed by atoms with van der Waals surface area (Å²) in [5, 5.41) is 14.2. The minimum Gasteiger partial charge on any atom is -0.321 e. The normalized spacial score (nSPS) is 12.8. The molecule has 4 amide bonds. The van der Waals surface area contributed by atoms with Crippen molar-refractivity contribution >= 4 is 81.9 Å². The maximum absolute atomic E-state index is 13.3. The molecule has 4 aromatic carbocycles. The van der Waals surface area contributed by atoms with Crippen molar-refractivity contribution in [2.24, 2.45) is 5.10 Å². The van der Waals surface area contributed by atoms with Crippen LogP contribution in [0.15, 0.2) is 119 Å². The van der Waals surface area contributed by atoms with Crippen LogP contribution in [0.4, 0.5) is 11.4 Å². The van der Waals surface area contributed by atoms with Crippen molar-refractivity contribution in [2.45, 2.75) is 11.3 Å². The second-order valence-electron chi connectivity index (χ2n) is 9.59. The Morgan fingerprint density at radius 1 is 0.822 bits per heavy atom. The topological polar surface area (TPSA) is 120 Å². The summed E-state index contributed by atoms with van der Waals surface area (Å²) >= 11 is 13.9. The molecule has 1 aliphatic heterocycles. The molecule has 1 aliphatic rings. The molecule has 9 nitrogen and oxygen atoms in total. The molecule has 45 heavy (non-hydrogen) atoms. The van der Waals surface area contributed by atoms with Gasteiger partial charge in [0.25, 0.3) is 17.7 Å². The van der Waals surface area contributed by atoms with Crippen molar-refractivity contribution in [3.8, 4) is 0 Å². The monoisotopic (exact) mass is 657 g/mol. The van der Waals surface area contributed by atoms with Crippen LogP contribution in [0, 0.1) is 0 Å². The van der Waals surface area contributed by atoms with Crippen molar-refractivity contribution in [3.05, 3.63) is 130 Å². The third-order valence-corrected chi connectivity index (χ3v) is 8.03. The van der Waals surface area contributed by atoms with Crippen molar-refractivity contribution in [3.63, 3.8) is 0 Å². The molecule has 0 unspecified atom stereocenters. The summed E-state index contributed by atoms with van der Waals surface area (Å²) in [6.07, 6.45) is 1.43. The molecule has 5 rings (SSSR count). The average Bonchev–Trinajstić information content (AvgIpc) is 3.42. The van der Waals surface area contributed by atoms with Gasteiger partial charge in [-0.05, 0) is 66.7 Å². The third kappa shape index (κ3) is 8.39. The van der Waals surface area contributed by atoms with Gasteiger partial charge in [0.15, 0.2) is 0 Å². The number of hydrazone groups is 1. The zero-order valence-electron chi connectivity index (χ0n) is 23.5. The molecular weight excluding hydrogens is 633 g/mol. The van der Waals surface area contributed by atoms with Gasteiger partial charge in [0.2, 0.25) is 5.91 Å². The predicted molar refractivity (Wildman–Crippen MR) is 178 cm³/mol. The van der Waals surface area contributed by atoms with Crippen molar-refractivity contribution in [2.75, 3.05) is 16.1 Å². The highest BCUT2D eigenvalue weighted by atomic mass is 35.5. The van der Waals surface area contributed by atoms with Crippen LogP contribution in [0.25, 0.3) is 6.08 Å². The zero-order valence-corrected chi connectivity index (χ0v) is 25.8. The second kappa shape index (κ2) is 14.7. The van der Waals surface area contributed by atoms with E-state index in [2.05, 4.69) is 21.1 Å². The third-order valence-electron chi connectivity index (χ3n) is 6.36. The van der Waals surface area contributed by atoms with Crippen LogP contribution in [0.1, 0.15) is 22.3 Å². The van der Waals surface area contributed by atoms with E-state index in [-0.39, 0.29) is 35.5 Å². The summed E-state index contributed by atoms with van der Waals surface area (Å²) in [5.41, 5.74) is 1.77. The van der Waals surface area contributed by atoms with E-state index in [1.165, 1.54) is 22.8 Å². The lowest BCUT2D eigenvalue weighted by Crippen LogP contribution is -2.31. The van der Waals surface area contributed by atoms with Gasteiger partial charge in [0.05, 0.1) is 17.9 Å². The molecule has 0 aliphatic carbocycles. The number of anilines is 2. The molecule has 0 bridgehead atoms. The lowest BCUT2D eigenvalue weighted by atomic mass is 10.1. The first kappa shape index (κ1) is 31.5. The van der Waals surface area contributed by atoms with E-state index in [0.29, 0.717) is 32.5 Å². The fourth-order valence-electron chi connectivity index (χ4n) is 4.18. The second-order valence-corrected chi connectivity index (χ2v) is 11.5. The number of hydrogen-bond acceptors (Lipinski definition) is 6. The van der Waals surface area contributed by atoms with Gasteiger partial charge < -0.3 is 16.0 Å². The van der Waals surface area contributed by atoms with Gasteiger partial charge in [-0.3, -0.25) is 19.2 Å². The Morgan fingerprint density at radius 2 is 1.47 bits per heavy atom. The van der Waals surface area contributed by atoms with E-state index < -0.39 is 11.8 Å². The van der Waals surface area contributed by atoms with E-state index in [0.717, 1.165) is 4.90 Å². The first-order valence-corrected chi connectivity index (χ1v) is 15.3. The molecular formula is C33H25Cl2N5O4S. The van der Waals surface area contributed by atoms with Crippen LogP contribution in [-0.2, 0) is 14.4 Å². The highest BCUT2D eigenvalue weighted by Crippen LogP contribution is 2.27. The molecule has 0 saturated heterocycles. The number of amides is 4.